The number of carbonyl (C=O) groups is 1. The van der Waals surface area contributed by atoms with E-state index in [9.17, 15) is 18.0 Å². The highest BCUT2D eigenvalue weighted by molar-refractivity contribution is 5.73. The molecule has 160 valence electrons. The molecule has 1 aliphatic carbocycles. The third-order valence-electron chi connectivity index (χ3n) is 6.98. The summed E-state index contributed by atoms with van der Waals surface area (Å²) in [5.41, 5.74) is 1.87. The number of methoxy groups -OCH3 is 1. The van der Waals surface area contributed by atoms with Crippen molar-refractivity contribution in [2.24, 2.45) is 11.8 Å². The number of nitrogens with zero attached hydrogens (tertiary/aromatic N) is 1. The highest BCUT2D eigenvalue weighted by Crippen LogP contribution is 2.42. The Hall–Kier alpha value is -1.60. The van der Waals surface area contributed by atoms with Gasteiger partial charge in [-0.05, 0) is 55.7 Å². The molecule has 0 radical (unpaired) electrons. The molecule has 0 spiro atoms. The third-order valence-corrected chi connectivity index (χ3v) is 6.98. The topological polar surface area (TPSA) is 41.6 Å². The first-order valence-electron chi connectivity index (χ1n) is 10.6. The zero-order chi connectivity index (χ0) is 20.6. The minimum Gasteiger partial charge on any atom is -0.469 e. The molecule has 4 rings (SSSR count). The van der Waals surface area contributed by atoms with Crippen molar-refractivity contribution in [3.8, 4) is 0 Å². The number of carbonyl (C=O) groups excluding carboxylic acids is 1. The zero-order valence-electron chi connectivity index (χ0n) is 16.8. The molecule has 2 aliphatic heterocycles. The first kappa shape index (κ1) is 20.7. The SMILES string of the molecule is COC(=O)C1CC2CCCC2NC1c1ccc(CN2CCC[C@@H]2C(F)(F)F)cc1. The van der Waals surface area contributed by atoms with Gasteiger partial charge in [0.15, 0.2) is 0 Å². The fraction of sp³-hybridized carbons (Fsp3) is 0.682. The maximum atomic E-state index is 13.2. The van der Waals surface area contributed by atoms with Crippen LogP contribution >= 0.6 is 0 Å². The molecule has 3 aliphatic rings. The van der Waals surface area contributed by atoms with Gasteiger partial charge in [-0.2, -0.15) is 13.2 Å². The van der Waals surface area contributed by atoms with E-state index >= 15 is 0 Å². The maximum absolute atomic E-state index is 13.2. The van der Waals surface area contributed by atoms with Crippen LogP contribution in [0.5, 0.6) is 0 Å². The Balaban J connectivity index is 1.48. The van der Waals surface area contributed by atoms with E-state index in [0.717, 1.165) is 30.4 Å². The van der Waals surface area contributed by atoms with E-state index in [2.05, 4.69) is 5.32 Å². The van der Waals surface area contributed by atoms with Crippen molar-refractivity contribution >= 4 is 5.97 Å². The fourth-order valence-corrected chi connectivity index (χ4v) is 5.51. The highest BCUT2D eigenvalue weighted by atomic mass is 19.4. The number of esters is 1. The first-order valence-corrected chi connectivity index (χ1v) is 10.6. The van der Waals surface area contributed by atoms with Gasteiger partial charge in [-0.3, -0.25) is 9.69 Å². The van der Waals surface area contributed by atoms with Crippen LogP contribution in [0.25, 0.3) is 0 Å². The van der Waals surface area contributed by atoms with Crippen LogP contribution in [0.4, 0.5) is 13.2 Å². The number of hydrogen-bond donors (Lipinski definition) is 1. The Kier molecular flexibility index (Phi) is 5.89. The summed E-state index contributed by atoms with van der Waals surface area (Å²) in [6.07, 6.45) is 0.867. The van der Waals surface area contributed by atoms with Crippen LogP contribution in [0.1, 0.15) is 55.7 Å². The van der Waals surface area contributed by atoms with Crippen LogP contribution in [-0.4, -0.2) is 42.8 Å². The summed E-state index contributed by atoms with van der Waals surface area (Å²) in [6, 6.07) is 6.69. The predicted molar refractivity (Wildman–Crippen MR) is 103 cm³/mol. The molecular weight excluding hydrogens is 381 g/mol. The molecule has 1 aromatic carbocycles. The Labute approximate surface area is 169 Å². The lowest BCUT2D eigenvalue weighted by Crippen LogP contribution is -2.47. The van der Waals surface area contributed by atoms with Crippen molar-refractivity contribution < 1.29 is 22.7 Å². The molecule has 7 heteroatoms. The summed E-state index contributed by atoms with van der Waals surface area (Å²) in [5.74, 6) is 0.101. The molecule has 0 aromatic heterocycles. The lowest BCUT2D eigenvalue weighted by atomic mass is 9.78. The second kappa shape index (κ2) is 8.26. The van der Waals surface area contributed by atoms with Crippen LogP contribution in [0.2, 0.25) is 0 Å². The number of piperidine rings is 1. The van der Waals surface area contributed by atoms with Gasteiger partial charge in [-0.1, -0.05) is 30.7 Å². The maximum Gasteiger partial charge on any atom is 0.404 e. The average molecular weight is 410 g/mol. The smallest absolute Gasteiger partial charge is 0.404 e. The number of nitrogens with one attached hydrogen (secondary N) is 1. The van der Waals surface area contributed by atoms with Crippen LogP contribution in [0.3, 0.4) is 0 Å². The van der Waals surface area contributed by atoms with Gasteiger partial charge in [-0.15, -0.1) is 0 Å². The second-order valence-corrected chi connectivity index (χ2v) is 8.72. The Morgan fingerprint density at radius 1 is 1.17 bits per heavy atom. The largest absolute Gasteiger partial charge is 0.469 e. The normalized spacial score (nSPS) is 32.9. The molecule has 2 saturated heterocycles. The molecule has 0 bridgehead atoms. The lowest BCUT2D eigenvalue weighted by molar-refractivity contribution is -0.177. The van der Waals surface area contributed by atoms with Crippen molar-refractivity contribution in [3.63, 3.8) is 0 Å². The van der Waals surface area contributed by atoms with Crippen LogP contribution in [0.15, 0.2) is 24.3 Å². The van der Waals surface area contributed by atoms with E-state index in [1.54, 1.807) is 0 Å². The minimum atomic E-state index is -4.17. The molecule has 3 fully saturated rings. The summed E-state index contributed by atoms with van der Waals surface area (Å²) in [6.45, 7) is 0.775. The zero-order valence-corrected chi connectivity index (χ0v) is 16.8. The van der Waals surface area contributed by atoms with E-state index in [0.29, 0.717) is 31.5 Å². The van der Waals surface area contributed by atoms with E-state index in [1.165, 1.54) is 18.4 Å². The minimum absolute atomic E-state index is 0.106. The number of halogens is 3. The first-order chi connectivity index (χ1) is 13.9. The molecule has 2 heterocycles. The second-order valence-electron chi connectivity index (χ2n) is 8.72. The number of likely N-dealkylation sites (tertiary alicyclic amines) is 1. The van der Waals surface area contributed by atoms with Gasteiger partial charge >= 0.3 is 12.1 Å². The molecular formula is C22H29F3N2O2. The van der Waals surface area contributed by atoms with Crippen molar-refractivity contribution in [2.75, 3.05) is 13.7 Å². The summed E-state index contributed by atoms with van der Waals surface area (Å²) in [7, 11) is 1.43. The van der Waals surface area contributed by atoms with E-state index in [4.69, 9.17) is 4.74 Å². The number of alkyl halides is 3. The molecule has 1 aromatic rings. The predicted octanol–water partition coefficient (Wildman–Crippen LogP) is 4.21. The Morgan fingerprint density at radius 3 is 2.62 bits per heavy atom. The van der Waals surface area contributed by atoms with Crippen molar-refractivity contribution in [2.45, 2.75) is 69.4 Å². The fourth-order valence-electron chi connectivity index (χ4n) is 5.51. The Morgan fingerprint density at radius 2 is 1.93 bits per heavy atom. The van der Waals surface area contributed by atoms with Crippen LogP contribution in [0, 0.1) is 11.8 Å². The molecule has 4 nitrogen and oxygen atoms in total. The van der Waals surface area contributed by atoms with Gasteiger partial charge in [0.25, 0.3) is 0 Å². The quantitative estimate of drug-likeness (QED) is 0.756. The molecule has 4 unspecified atom stereocenters. The number of hydrogen-bond acceptors (Lipinski definition) is 4. The van der Waals surface area contributed by atoms with E-state index in [-0.39, 0.29) is 24.3 Å². The van der Waals surface area contributed by atoms with Crippen molar-refractivity contribution in [3.05, 3.63) is 35.4 Å². The summed E-state index contributed by atoms with van der Waals surface area (Å²) in [4.78, 5) is 13.9. The highest BCUT2D eigenvalue weighted by Gasteiger charge is 2.46. The van der Waals surface area contributed by atoms with Crippen molar-refractivity contribution in [1.82, 2.24) is 10.2 Å². The molecule has 5 atom stereocenters. The van der Waals surface area contributed by atoms with Gasteiger partial charge in [0.05, 0.1) is 13.0 Å². The monoisotopic (exact) mass is 410 g/mol. The number of fused-ring (bicyclic) bond motifs is 1. The standard InChI is InChI=1S/C22H29F3N2O2/c1-29-21(28)17-12-16-4-2-5-18(16)26-20(17)15-9-7-14(8-10-15)13-27-11-3-6-19(27)22(23,24)25/h7-10,16-20,26H,2-6,11-13H2,1H3/t16?,17?,18?,19-,20?/m1/s1. The molecule has 1 N–H and O–H groups in total. The van der Waals surface area contributed by atoms with E-state index < -0.39 is 12.2 Å². The number of ether oxygens (including phenoxy) is 1. The van der Waals surface area contributed by atoms with Crippen LogP contribution < -0.4 is 5.32 Å². The van der Waals surface area contributed by atoms with Gasteiger partial charge in [0.1, 0.15) is 6.04 Å². The summed E-state index contributed by atoms with van der Waals surface area (Å²) in [5, 5.41) is 3.66. The summed E-state index contributed by atoms with van der Waals surface area (Å²) < 4.78 is 44.6. The van der Waals surface area contributed by atoms with Crippen molar-refractivity contribution in [1.29, 1.82) is 0 Å². The molecule has 1 saturated carbocycles. The average Bonchev–Trinajstić information content (AvgIpc) is 3.35. The van der Waals surface area contributed by atoms with Crippen LogP contribution in [-0.2, 0) is 16.1 Å². The number of benzene rings is 1. The lowest BCUT2D eigenvalue weighted by Gasteiger charge is -2.39. The molecule has 29 heavy (non-hydrogen) atoms. The van der Waals surface area contributed by atoms with Gasteiger partial charge < -0.3 is 10.1 Å². The van der Waals surface area contributed by atoms with Gasteiger partial charge in [-0.25, -0.2) is 0 Å². The Bertz CT molecular complexity index is 722. The van der Waals surface area contributed by atoms with Gasteiger partial charge in [0, 0.05) is 18.6 Å². The van der Waals surface area contributed by atoms with Gasteiger partial charge in [0.2, 0.25) is 0 Å². The number of rotatable bonds is 4. The van der Waals surface area contributed by atoms with E-state index in [1.807, 2.05) is 24.3 Å². The summed E-state index contributed by atoms with van der Waals surface area (Å²) >= 11 is 0. The third kappa shape index (κ3) is 4.31. The molecule has 0 amide bonds.